The number of fused-ring (bicyclic) bond motifs is 1. The lowest BCUT2D eigenvalue weighted by atomic mass is 10.0. The molecule has 4 aromatic heterocycles. The highest BCUT2D eigenvalue weighted by Gasteiger charge is 2.10. The lowest BCUT2D eigenvalue weighted by Gasteiger charge is -2.03. The summed E-state index contributed by atoms with van der Waals surface area (Å²) in [5.74, 6) is 6.18. The first-order chi connectivity index (χ1) is 14.4. The van der Waals surface area contributed by atoms with Crippen LogP contribution in [0, 0.1) is 11.8 Å². The molecule has 29 heavy (non-hydrogen) atoms. The molecule has 0 aliphatic carbocycles. The lowest BCUT2D eigenvalue weighted by Crippen LogP contribution is -1.88. The molecular formula is C24H15N5. The van der Waals surface area contributed by atoms with Crippen LogP contribution in [0.2, 0.25) is 0 Å². The second-order valence-corrected chi connectivity index (χ2v) is 6.47. The lowest BCUT2D eigenvalue weighted by molar-refractivity contribution is 1.09. The van der Waals surface area contributed by atoms with E-state index < -0.39 is 0 Å². The molecule has 5 aromatic rings. The highest BCUT2D eigenvalue weighted by molar-refractivity contribution is 5.80. The molecule has 0 bridgehead atoms. The number of benzene rings is 1. The summed E-state index contributed by atoms with van der Waals surface area (Å²) >= 11 is 0. The molecular weight excluding hydrogens is 358 g/mol. The number of aromatic amines is 1. The van der Waals surface area contributed by atoms with Crippen molar-refractivity contribution in [3.05, 3.63) is 96.8 Å². The maximum atomic E-state index is 4.57. The maximum absolute atomic E-state index is 4.57. The van der Waals surface area contributed by atoms with Gasteiger partial charge < -0.3 is 0 Å². The third-order valence-corrected chi connectivity index (χ3v) is 4.60. The summed E-state index contributed by atoms with van der Waals surface area (Å²) in [5.41, 5.74) is 6.27. The fraction of sp³-hybridized carbons (Fsp3) is 0. The Morgan fingerprint density at radius 1 is 0.724 bits per heavy atom. The van der Waals surface area contributed by atoms with Gasteiger partial charge in [-0.05, 0) is 53.8 Å². The zero-order chi connectivity index (χ0) is 19.5. The Bertz CT molecular complexity index is 1340. The molecule has 0 radical (unpaired) electrons. The first-order valence-electron chi connectivity index (χ1n) is 9.15. The van der Waals surface area contributed by atoms with Crippen molar-refractivity contribution >= 4 is 10.9 Å². The van der Waals surface area contributed by atoms with Gasteiger partial charge in [0, 0.05) is 35.1 Å². The standard InChI is InChI=1S/C24H15N5/c1-2-4-23-18(3-1)5-8-21(28-23)10-9-20-7-6-19(15-26-20)24-22(16-27-29-24)17-11-13-25-14-12-17/h1-8,11-16H,(H,27,29). The van der Waals surface area contributed by atoms with E-state index in [4.69, 9.17) is 0 Å². The Kier molecular flexibility index (Phi) is 4.28. The maximum Gasteiger partial charge on any atom is 0.114 e. The third kappa shape index (κ3) is 3.47. The van der Waals surface area contributed by atoms with E-state index in [0.717, 1.165) is 39.0 Å². The average Bonchev–Trinajstić information content (AvgIpc) is 3.28. The summed E-state index contributed by atoms with van der Waals surface area (Å²) in [5, 5.41) is 8.35. The predicted octanol–water partition coefficient (Wildman–Crippen LogP) is 4.48. The van der Waals surface area contributed by atoms with Gasteiger partial charge in [-0.3, -0.25) is 10.1 Å². The molecule has 1 N–H and O–H groups in total. The molecule has 5 heteroatoms. The van der Waals surface area contributed by atoms with E-state index in [0.29, 0.717) is 5.69 Å². The van der Waals surface area contributed by atoms with Crippen LogP contribution in [0.25, 0.3) is 33.3 Å². The Labute approximate surface area is 167 Å². The number of hydrogen-bond acceptors (Lipinski definition) is 4. The second-order valence-electron chi connectivity index (χ2n) is 6.47. The van der Waals surface area contributed by atoms with Gasteiger partial charge >= 0.3 is 0 Å². The van der Waals surface area contributed by atoms with Crippen LogP contribution < -0.4 is 0 Å². The summed E-state index contributed by atoms with van der Waals surface area (Å²) < 4.78 is 0. The van der Waals surface area contributed by atoms with Gasteiger partial charge in [0.25, 0.3) is 0 Å². The number of para-hydroxylation sites is 1. The average molecular weight is 373 g/mol. The zero-order valence-corrected chi connectivity index (χ0v) is 15.4. The van der Waals surface area contributed by atoms with Crippen molar-refractivity contribution in [2.24, 2.45) is 0 Å². The van der Waals surface area contributed by atoms with Crippen molar-refractivity contribution < 1.29 is 0 Å². The number of nitrogens with zero attached hydrogens (tertiary/aromatic N) is 4. The normalized spacial score (nSPS) is 10.5. The SMILES string of the molecule is C(#Cc1ccc2ccccc2n1)c1ccc(-c2[nH]ncc2-c2ccncc2)cn1. The van der Waals surface area contributed by atoms with Crippen molar-refractivity contribution in [3.63, 3.8) is 0 Å². The molecule has 1 aromatic carbocycles. The van der Waals surface area contributed by atoms with Crippen LogP contribution in [0.5, 0.6) is 0 Å². The number of hydrogen-bond donors (Lipinski definition) is 1. The van der Waals surface area contributed by atoms with Crippen LogP contribution >= 0.6 is 0 Å². The van der Waals surface area contributed by atoms with Gasteiger partial charge in [0.1, 0.15) is 11.4 Å². The predicted molar refractivity (Wildman–Crippen MR) is 113 cm³/mol. The summed E-state index contributed by atoms with van der Waals surface area (Å²) in [4.78, 5) is 13.1. The van der Waals surface area contributed by atoms with Gasteiger partial charge in [0.2, 0.25) is 0 Å². The van der Waals surface area contributed by atoms with Gasteiger partial charge in [-0.15, -0.1) is 0 Å². The van der Waals surface area contributed by atoms with Crippen molar-refractivity contribution in [1.29, 1.82) is 0 Å². The molecule has 4 heterocycles. The van der Waals surface area contributed by atoms with Crippen molar-refractivity contribution in [1.82, 2.24) is 25.1 Å². The molecule has 5 nitrogen and oxygen atoms in total. The monoisotopic (exact) mass is 373 g/mol. The quantitative estimate of drug-likeness (QED) is 0.463. The molecule has 0 atom stereocenters. The summed E-state index contributed by atoms with van der Waals surface area (Å²) in [6, 6.07) is 19.8. The van der Waals surface area contributed by atoms with Crippen LogP contribution in [0.1, 0.15) is 11.4 Å². The van der Waals surface area contributed by atoms with Crippen LogP contribution in [-0.4, -0.2) is 25.1 Å². The van der Waals surface area contributed by atoms with E-state index in [1.54, 1.807) is 18.6 Å². The fourth-order valence-electron chi connectivity index (χ4n) is 3.14. The number of nitrogens with one attached hydrogen (secondary N) is 1. The minimum atomic E-state index is 0.689. The molecule has 0 aliphatic heterocycles. The summed E-state index contributed by atoms with van der Waals surface area (Å²) in [6.45, 7) is 0. The van der Waals surface area contributed by atoms with Gasteiger partial charge in [0.05, 0.1) is 17.4 Å². The number of rotatable bonds is 2. The summed E-state index contributed by atoms with van der Waals surface area (Å²) in [7, 11) is 0. The molecule has 0 amide bonds. The highest BCUT2D eigenvalue weighted by Crippen LogP contribution is 2.29. The number of aromatic nitrogens is 5. The Balaban J connectivity index is 1.42. The van der Waals surface area contributed by atoms with Crippen molar-refractivity contribution in [3.8, 4) is 34.2 Å². The smallest absolute Gasteiger partial charge is 0.114 e. The fourth-order valence-corrected chi connectivity index (χ4v) is 3.14. The first-order valence-corrected chi connectivity index (χ1v) is 9.15. The van der Waals surface area contributed by atoms with Crippen LogP contribution in [0.15, 0.2) is 85.5 Å². The summed E-state index contributed by atoms with van der Waals surface area (Å²) in [6.07, 6.45) is 7.15. The van der Waals surface area contributed by atoms with Crippen LogP contribution in [0.3, 0.4) is 0 Å². The molecule has 0 saturated heterocycles. The molecule has 0 fully saturated rings. The molecule has 0 unspecified atom stereocenters. The minimum Gasteiger partial charge on any atom is -0.277 e. The van der Waals surface area contributed by atoms with Gasteiger partial charge in [0.15, 0.2) is 0 Å². The Morgan fingerprint density at radius 2 is 1.55 bits per heavy atom. The molecule has 0 spiro atoms. The molecule has 5 rings (SSSR count). The van der Waals surface area contributed by atoms with E-state index in [1.165, 1.54) is 0 Å². The van der Waals surface area contributed by atoms with Crippen molar-refractivity contribution in [2.75, 3.05) is 0 Å². The van der Waals surface area contributed by atoms with E-state index in [1.807, 2.05) is 66.9 Å². The van der Waals surface area contributed by atoms with Crippen LogP contribution in [-0.2, 0) is 0 Å². The zero-order valence-electron chi connectivity index (χ0n) is 15.4. The van der Waals surface area contributed by atoms with Crippen LogP contribution in [0.4, 0.5) is 0 Å². The Morgan fingerprint density at radius 3 is 2.41 bits per heavy atom. The second kappa shape index (κ2) is 7.37. The molecule has 0 saturated carbocycles. The van der Waals surface area contributed by atoms with E-state index in [-0.39, 0.29) is 0 Å². The molecule has 0 aliphatic rings. The van der Waals surface area contributed by atoms with E-state index in [9.17, 15) is 0 Å². The number of pyridine rings is 3. The largest absolute Gasteiger partial charge is 0.277 e. The number of H-pyrrole nitrogens is 1. The highest BCUT2D eigenvalue weighted by atomic mass is 15.1. The topological polar surface area (TPSA) is 67.3 Å². The Hall–Kier alpha value is -4.30. The van der Waals surface area contributed by atoms with E-state index in [2.05, 4.69) is 37.0 Å². The first kappa shape index (κ1) is 16.8. The minimum absolute atomic E-state index is 0.689. The third-order valence-electron chi connectivity index (χ3n) is 4.60. The van der Waals surface area contributed by atoms with Gasteiger partial charge in [-0.25, -0.2) is 9.97 Å². The van der Waals surface area contributed by atoms with Crippen molar-refractivity contribution in [2.45, 2.75) is 0 Å². The molecule has 136 valence electrons. The van der Waals surface area contributed by atoms with Gasteiger partial charge in [-0.1, -0.05) is 24.3 Å². The van der Waals surface area contributed by atoms with E-state index >= 15 is 0 Å². The van der Waals surface area contributed by atoms with Gasteiger partial charge in [-0.2, -0.15) is 5.10 Å².